The molecule has 0 saturated carbocycles. The molecule has 0 saturated heterocycles. The number of aromatic amines is 1. The highest BCUT2D eigenvalue weighted by Crippen LogP contribution is 2.31. The standard InChI is InChI=1S/C27H20N2O4S/c1-18(30)19-11-13-20(14-12-19)25-16-15-21(33-25)17-26(34(31,32)22-7-3-2-4-8-22)27-28-23-9-5-6-10-24(23)29-27/h2-17H,1H3,(H,28,29)/b26-17+. The average molecular weight is 469 g/mol. The Balaban J connectivity index is 1.61. The molecule has 2 aromatic heterocycles. The van der Waals surface area contributed by atoms with Crippen molar-refractivity contribution < 1.29 is 17.6 Å². The van der Waals surface area contributed by atoms with Crippen molar-refractivity contribution in [1.29, 1.82) is 0 Å². The molecule has 3 aromatic carbocycles. The van der Waals surface area contributed by atoms with Crippen LogP contribution in [-0.4, -0.2) is 24.2 Å². The molecule has 0 unspecified atom stereocenters. The molecule has 0 spiro atoms. The summed E-state index contributed by atoms with van der Waals surface area (Å²) in [5, 5.41) is 0. The fourth-order valence-electron chi connectivity index (χ4n) is 3.65. The van der Waals surface area contributed by atoms with Crippen molar-refractivity contribution in [2.24, 2.45) is 0 Å². The minimum Gasteiger partial charge on any atom is -0.457 e. The van der Waals surface area contributed by atoms with Gasteiger partial charge in [0.1, 0.15) is 16.4 Å². The number of carbonyl (C=O) groups excluding carboxylic acids is 1. The summed E-state index contributed by atoms with van der Waals surface area (Å²) < 4.78 is 33.1. The second kappa shape index (κ2) is 8.61. The summed E-state index contributed by atoms with van der Waals surface area (Å²) >= 11 is 0. The van der Waals surface area contributed by atoms with Crippen molar-refractivity contribution in [2.75, 3.05) is 0 Å². The normalized spacial score (nSPS) is 12.2. The maximum atomic E-state index is 13.6. The van der Waals surface area contributed by atoms with Gasteiger partial charge in [0.25, 0.3) is 0 Å². The molecule has 0 atom stereocenters. The summed E-state index contributed by atoms with van der Waals surface area (Å²) in [5.41, 5.74) is 2.78. The Morgan fingerprint density at radius 2 is 1.59 bits per heavy atom. The maximum absolute atomic E-state index is 13.6. The van der Waals surface area contributed by atoms with Crippen molar-refractivity contribution in [2.45, 2.75) is 11.8 Å². The second-order valence-corrected chi connectivity index (χ2v) is 9.68. The number of benzene rings is 3. The Hall–Kier alpha value is -4.23. The monoisotopic (exact) mass is 468 g/mol. The van der Waals surface area contributed by atoms with Gasteiger partial charge >= 0.3 is 0 Å². The van der Waals surface area contributed by atoms with E-state index in [1.807, 2.05) is 24.3 Å². The molecule has 0 aliphatic carbocycles. The number of nitrogens with one attached hydrogen (secondary N) is 1. The van der Waals surface area contributed by atoms with E-state index in [0.717, 1.165) is 11.1 Å². The minimum atomic E-state index is -3.90. The number of H-pyrrole nitrogens is 1. The zero-order valence-corrected chi connectivity index (χ0v) is 19.0. The molecule has 0 bridgehead atoms. The molecule has 0 aliphatic heterocycles. The summed E-state index contributed by atoms with van der Waals surface area (Å²) in [6.07, 6.45) is 1.48. The molecule has 1 N–H and O–H groups in total. The first-order chi connectivity index (χ1) is 16.4. The van der Waals surface area contributed by atoms with Gasteiger partial charge in [-0.2, -0.15) is 0 Å². The molecule has 0 fully saturated rings. The lowest BCUT2D eigenvalue weighted by molar-refractivity contribution is 0.101. The highest BCUT2D eigenvalue weighted by atomic mass is 32.2. The van der Waals surface area contributed by atoms with Gasteiger partial charge in [-0.05, 0) is 43.3 Å². The van der Waals surface area contributed by atoms with E-state index in [1.54, 1.807) is 66.7 Å². The number of hydrogen-bond acceptors (Lipinski definition) is 5. The van der Waals surface area contributed by atoms with E-state index < -0.39 is 9.84 Å². The molecule has 5 rings (SSSR count). The fraction of sp³-hybridized carbons (Fsp3) is 0.0370. The number of carbonyl (C=O) groups is 1. The topological polar surface area (TPSA) is 93.0 Å². The van der Waals surface area contributed by atoms with Crippen LogP contribution in [0.5, 0.6) is 0 Å². The Morgan fingerprint density at radius 3 is 2.29 bits per heavy atom. The molecular weight excluding hydrogens is 448 g/mol. The van der Waals surface area contributed by atoms with Crippen molar-refractivity contribution in [1.82, 2.24) is 9.97 Å². The second-order valence-electron chi connectivity index (χ2n) is 7.76. The van der Waals surface area contributed by atoms with Crippen LogP contribution in [0.4, 0.5) is 0 Å². The average Bonchev–Trinajstić information content (AvgIpc) is 3.50. The van der Waals surface area contributed by atoms with Crippen molar-refractivity contribution in [3.8, 4) is 11.3 Å². The molecular formula is C27H20N2O4S. The number of ketones is 1. The highest BCUT2D eigenvalue weighted by Gasteiger charge is 2.25. The summed E-state index contributed by atoms with van der Waals surface area (Å²) in [5.74, 6) is 1.13. The highest BCUT2D eigenvalue weighted by molar-refractivity contribution is 8.00. The number of hydrogen-bond donors (Lipinski definition) is 1. The third kappa shape index (κ3) is 4.09. The van der Waals surface area contributed by atoms with Gasteiger partial charge in [0, 0.05) is 17.2 Å². The Bertz CT molecular complexity index is 1590. The molecule has 5 aromatic rings. The number of Topliss-reactive ketones (excluding diaryl/α,β-unsaturated/α-hetero) is 1. The number of sulfone groups is 1. The molecule has 0 amide bonds. The third-order valence-electron chi connectivity index (χ3n) is 5.44. The predicted octanol–water partition coefficient (Wildman–Crippen LogP) is 6.00. The molecule has 7 heteroatoms. The minimum absolute atomic E-state index is 0.00253. The van der Waals surface area contributed by atoms with Crippen LogP contribution < -0.4 is 0 Å². The fourth-order valence-corrected chi connectivity index (χ4v) is 5.05. The number of nitrogens with zero attached hydrogens (tertiary/aromatic N) is 1. The number of rotatable bonds is 6. The van der Waals surface area contributed by atoms with Crippen LogP contribution in [0.2, 0.25) is 0 Å². The van der Waals surface area contributed by atoms with Crippen LogP contribution in [0.3, 0.4) is 0 Å². The summed E-state index contributed by atoms with van der Waals surface area (Å²) in [4.78, 5) is 19.3. The third-order valence-corrected chi connectivity index (χ3v) is 7.22. The first-order valence-corrected chi connectivity index (χ1v) is 12.1. The lowest BCUT2D eigenvalue weighted by Gasteiger charge is -2.07. The predicted molar refractivity (Wildman–Crippen MR) is 132 cm³/mol. The summed E-state index contributed by atoms with van der Waals surface area (Å²) in [6, 6.07) is 26.1. The maximum Gasteiger partial charge on any atom is 0.210 e. The quantitative estimate of drug-likeness (QED) is 0.309. The van der Waals surface area contributed by atoms with Crippen molar-refractivity contribution in [3.63, 3.8) is 0 Å². The Kier molecular flexibility index (Phi) is 5.47. The van der Waals surface area contributed by atoms with E-state index in [-0.39, 0.29) is 21.4 Å². The van der Waals surface area contributed by atoms with E-state index in [9.17, 15) is 13.2 Å². The first-order valence-electron chi connectivity index (χ1n) is 10.6. The van der Waals surface area contributed by atoms with Crippen molar-refractivity contribution >= 4 is 37.6 Å². The van der Waals surface area contributed by atoms with Gasteiger partial charge in [0.05, 0.1) is 15.9 Å². The zero-order chi connectivity index (χ0) is 23.7. The van der Waals surface area contributed by atoms with Gasteiger partial charge in [-0.15, -0.1) is 0 Å². The van der Waals surface area contributed by atoms with E-state index >= 15 is 0 Å². The number of imidazole rings is 1. The van der Waals surface area contributed by atoms with Crippen LogP contribution in [0.25, 0.3) is 33.3 Å². The van der Waals surface area contributed by atoms with Gasteiger partial charge in [-0.25, -0.2) is 13.4 Å². The molecule has 168 valence electrons. The smallest absolute Gasteiger partial charge is 0.210 e. The zero-order valence-electron chi connectivity index (χ0n) is 18.2. The van der Waals surface area contributed by atoms with Gasteiger partial charge in [0.15, 0.2) is 11.6 Å². The number of fused-ring (bicyclic) bond motifs is 1. The first kappa shape index (κ1) is 21.6. The number of aromatic nitrogens is 2. The van der Waals surface area contributed by atoms with E-state index in [1.165, 1.54) is 13.0 Å². The van der Waals surface area contributed by atoms with E-state index in [2.05, 4.69) is 9.97 Å². The molecule has 2 heterocycles. The van der Waals surface area contributed by atoms with Crippen LogP contribution in [0.15, 0.2) is 100 Å². The van der Waals surface area contributed by atoms with Gasteiger partial charge < -0.3 is 9.40 Å². The van der Waals surface area contributed by atoms with Gasteiger partial charge in [-0.3, -0.25) is 4.79 Å². The lowest BCUT2D eigenvalue weighted by Crippen LogP contribution is -2.05. The van der Waals surface area contributed by atoms with Crippen LogP contribution >= 0.6 is 0 Å². The summed E-state index contributed by atoms with van der Waals surface area (Å²) in [6.45, 7) is 1.51. The SMILES string of the molecule is CC(=O)c1ccc(-c2ccc(/C=C(\c3nc4ccccc4[nH]3)S(=O)(=O)c3ccccc3)o2)cc1. The van der Waals surface area contributed by atoms with Crippen LogP contribution in [0.1, 0.15) is 28.9 Å². The molecule has 6 nitrogen and oxygen atoms in total. The largest absolute Gasteiger partial charge is 0.457 e. The molecule has 0 radical (unpaired) electrons. The van der Waals surface area contributed by atoms with E-state index in [4.69, 9.17) is 4.42 Å². The Labute approximate surface area is 196 Å². The number of furan rings is 1. The lowest BCUT2D eigenvalue weighted by atomic mass is 10.1. The van der Waals surface area contributed by atoms with Gasteiger partial charge in [-0.1, -0.05) is 54.6 Å². The Morgan fingerprint density at radius 1 is 0.882 bits per heavy atom. The van der Waals surface area contributed by atoms with Crippen LogP contribution in [0, 0.1) is 0 Å². The van der Waals surface area contributed by atoms with Gasteiger partial charge in [0.2, 0.25) is 9.84 Å². The van der Waals surface area contributed by atoms with Crippen molar-refractivity contribution in [3.05, 3.63) is 108 Å². The molecule has 34 heavy (non-hydrogen) atoms. The van der Waals surface area contributed by atoms with Crippen LogP contribution in [-0.2, 0) is 9.84 Å². The molecule has 0 aliphatic rings. The number of para-hydroxylation sites is 2. The summed E-state index contributed by atoms with van der Waals surface area (Å²) in [7, 11) is -3.90. The van der Waals surface area contributed by atoms with E-state index in [0.29, 0.717) is 22.6 Å².